The number of ether oxygens (including phenoxy) is 1. The predicted octanol–water partition coefficient (Wildman–Crippen LogP) is 5.19. The third kappa shape index (κ3) is 4.83. The largest absolute Gasteiger partial charge is 0.497 e. The van der Waals surface area contributed by atoms with Gasteiger partial charge in [0.05, 0.1) is 7.11 Å². The zero-order valence-corrected chi connectivity index (χ0v) is 15.0. The Morgan fingerprint density at radius 1 is 1.33 bits per heavy atom. The maximum atomic E-state index is 5.37. The fourth-order valence-corrected chi connectivity index (χ4v) is 3.57. The van der Waals surface area contributed by atoms with Crippen molar-refractivity contribution in [1.82, 2.24) is 5.32 Å². The lowest BCUT2D eigenvalue weighted by Crippen LogP contribution is -2.23. The third-order valence-corrected chi connectivity index (χ3v) is 4.98. The first-order valence-corrected chi connectivity index (χ1v) is 9.06. The first kappa shape index (κ1) is 16.5. The van der Waals surface area contributed by atoms with E-state index in [4.69, 9.17) is 4.74 Å². The summed E-state index contributed by atoms with van der Waals surface area (Å²) in [7, 11) is 1.72. The summed E-state index contributed by atoms with van der Waals surface area (Å²) in [5.41, 5.74) is 2.69. The lowest BCUT2D eigenvalue weighted by molar-refractivity contribution is 0.412. The third-order valence-electron chi connectivity index (χ3n) is 3.52. The molecule has 0 aliphatic carbocycles. The average Bonchev–Trinajstić information content (AvgIpc) is 3.02. The normalized spacial score (nSPS) is 12.3. The van der Waals surface area contributed by atoms with Crippen molar-refractivity contribution in [2.75, 3.05) is 13.7 Å². The lowest BCUT2D eigenvalue weighted by atomic mass is 9.99. The minimum atomic E-state index is 0.342. The van der Waals surface area contributed by atoms with Crippen LogP contribution in [0.4, 0.5) is 0 Å². The Morgan fingerprint density at radius 2 is 2.19 bits per heavy atom. The first-order chi connectivity index (χ1) is 10.2. The Morgan fingerprint density at radius 3 is 2.86 bits per heavy atom. The van der Waals surface area contributed by atoms with Gasteiger partial charge >= 0.3 is 0 Å². The number of nitrogens with one attached hydrogen (secondary N) is 1. The molecule has 1 aromatic heterocycles. The van der Waals surface area contributed by atoms with Crippen LogP contribution in [0.3, 0.4) is 0 Å². The number of thiophene rings is 1. The van der Waals surface area contributed by atoms with E-state index in [9.17, 15) is 0 Å². The molecule has 2 aromatic rings. The van der Waals surface area contributed by atoms with Crippen LogP contribution in [0.5, 0.6) is 5.75 Å². The molecule has 2 rings (SSSR count). The summed E-state index contributed by atoms with van der Waals surface area (Å²) in [5, 5.41) is 8.04. The van der Waals surface area contributed by atoms with E-state index in [-0.39, 0.29) is 0 Å². The van der Waals surface area contributed by atoms with Crippen LogP contribution in [0.15, 0.2) is 39.5 Å². The van der Waals surface area contributed by atoms with Crippen LogP contribution in [0.1, 0.15) is 36.9 Å². The molecule has 4 heteroatoms. The maximum Gasteiger partial charge on any atom is 0.119 e. The highest BCUT2D eigenvalue weighted by Gasteiger charge is 2.15. The summed E-state index contributed by atoms with van der Waals surface area (Å²) in [4.78, 5) is 0. The van der Waals surface area contributed by atoms with E-state index in [0.717, 1.165) is 36.0 Å². The minimum absolute atomic E-state index is 0.342. The predicted molar refractivity (Wildman–Crippen MR) is 94.4 cm³/mol. The number of halogens is 1. The van der Waals surface area contributed by atoms with Gasteiger partial charge in [-0.25, -0.2) is 0 Å². The molecule has 1 unspecified atom stereocenters. The van der Waals surface area contributed by atoms with Crippen LogP contribution < -0.4 is 10.1 Å². The second-order valence-electron chi connectivity index (χ2n) is 5.06. The molecule has 0 radical (unpaired) electrons. The zero-order valence-electron chi connectivity index (χ0n) is 12.6. The van der Waals surface area contributed by atoms with Gasteiger partial charge in [0.2, 0.25) is 0 Å². The molecule has 1 atom stereocenters. The molecule has 1 aromatic carbocycles. The molecule has 0 aliphatic heterocycles. The van der Waals surface area contributed by atoms with Crippen LogP contribution >= 0.6 is 27.3 Å². The van der Waals surface area contributed by atoms with Crippen molar-refractivity contribution in [2.24, 2.45) is 0 Å². The Hall–Kier alpha value is -0.840. The minimum Gasteiger partial charge on any atom is -0.497 e. The van der Waals surface area contributed by atoms with E-state index in [1.165, 1.54) is 11.1 Å². The molecule has 2 nitrogen and oxygen atoms in total. The summed E-state index contributed by atoms with van der Waals surface area (Å²) >= 11 is 5.44. The van der Waals surface area contributed by atoms with Crippen LogP contribution in [0.25, 0.3) is 0 Å². The van der Waals surface area contributed by atoms with E-state index in [1.807, 2.05) is 6.07 Å². The van der Waals surface area contributed by atoms with E-state index in [0.29, 0.717) is 6.04 Å². The van der Waals surface area contributed by atoms with Crippen LogP contribution in [0.2, 0.25) is 0 Å². The topological polar surface area (TPSA) is 21.3 Å². The van der Waals surface area contributed by atoms with Gasteiger partial charge in [0.15, 0.2) is 0 Å². The second kappa shape index (κ2) is 8.57. The van der Waals surface area contributed by atoms with E-state index in [1.54, 1.807) is 18.4 Å². The molecule has 0 amide bonds. The summed E-state index contributed by atoms with van der Waals surface area (Å²) in [6.07, 6.45) is 3.31. The van der Waals surface area contributed by atoms with Gasteiger partial charge in [-0.05, 0) is 72.0 Å². The first-order valence-electron chi connectivity index (χ1n) is 7.32. The van der Waals surface area contributed by atoms with Gasteiger partial charge in [0.1, 0.15) is 5.75 Å². The average molecular weight is 368 g/mol. The van der Waals surface area contributed by atoms with Crippen LogP contribution in [-0.2, 0) is 6.42 Å². The van der Waals surface area contributed by atoms with Gasteiger partial charge in [-0.15, -0.1) is 0 Å². The number of hydrogen-bond acceptors (Lipinski definition) is 3. The Bertz CT molecular complexity index is 542. The molecule has 0 bridgehead atoms. The number of rotatable bonds is 8. The van der Waals surface area contributed by atoms with Gasteiger partial charge in [-0.2, -0.15) is 11.3 Å². The van der Waals surface area contributed by atoms with Gasteiger partial charge in [-0.1, -0.05) is 22.9 Å². The second-order valence-corrected chi connectivity index (χ2v) is 6.70. The quantitative estimate of drug-likeness (QED) is 0.692. The summed E-state index contributed by atoms with van der Waals surface area (Å²) < 4.78 is 6.51. The number of hydrogen-bond donors (Lipinski definition) is 1. The zero-order chi connectivity index (χ0) is 15.1. The molecule has 0 aliphatic rings. The number of aryl methyl sites for hydroxylation is 1. The highest BCUT2D eigenvalue weighted by molar-refractivity contribution is 9.10. The number of methoxy groups -OCH3 is 1. The van der Waals surface area contributed by atoms with Crippen molar-refractivity contribution in [3.8, 4) is 5.75 Å². The summed E-state index contributed by atoms with van der Waals surface area (Å²) in [5.74, 6) is 0.909. The monoisotopic (exact) mass is 367 g/mol. The van der Waals surface area contributed by atoms with Crippen molar-refractivity contribution in [2.45, 2.75) is 32.2 Å². The van der Waals surface area contributed by atoms with Crippen molar-refractivity contribution in [3.63, 3.8) is 0 Å². The summed E-state index contributed by atoms with van der Waals surface area (Å²) in [6.45, 7) is 3.22. The lowest BCUT2D eigenvalue weighted by Gasteiger charge is -2.21. The van der Waals surface area contributed by atoms with Gasteiger partial charge in [0, 0.05) is 10.5 Å². The Balaban J connectivity index is 2.14. The highest BCUT2D eigenvalue weighted by atomic mass is 79.9. The number of benzene rings is 1. The molecule has 0 spiro atoms. The Kier molecular flexibility index (Phi) is 6.74. The fraction of sp³-hybridized carbons (Fsp3) is 0.412. The van der Waals surface area contributed by atoms with Crippen molar-refractivity contribution >= 4 is 27.3 Å². The molecule has 0 fully saturated rings. The van der Waals surface area contributed by atoms with Crippen molar-refractivity contribution < 1.29 is 4.74 Å². The van der Waals surface area contributed by atoms with E-state index < -0.39 is 0 Å². The SMILES string of the molecule is CCCNC(CCc1ccsc1)c1cc(OC)ccc1Br. The molecule has 0 saturated heterocycles. The molecule has 21 heavy (non-hydrogen) atoms. The summed E-state index contributed by atoms with van der Waals surface area (Å²) in [6, 6.07) is 8.74. The molecule has 0 saturated carbocycles. The van der Waals surface area contributed by atoms with Gasteiger partial charge in [0.25, 0.3) is 0 Å². The van der Waals surface area contributed by atoms with Crippen LogP contribution in [-0.4, -0.2) is 13.7 Å². The molecule has 114 valence electrons. The van der Waals surface area contributed by atoms with Gasteiger partial charge < -0.3 is 10.1 Å². The van der Waals surface area contributed by atoms with Crippen molar-refractivity contribution in [3.05, 3.63) is 50.6 Å². The van der Waals surface area contributed by atoms with Gasteiger partial charge in [-0.3, -0.25) is 0 Å². The molecular weight excluding hydrogens is 346 g/mol. The standard InChI is InChI=1S/C17H22BrNOS/c1-3-9-19-17(7-4-13-8-10-21-12-13)15-11-14(20-2)5-6-16(15)18/h5-6,8,10-12,17,19H,3-4,7,9H2,1-2H3. The Labute approximate surface area is 139 Å². The molecule has 1 N–H and O–H groups in total. The smallest absolute Gasteiger partial charge is 0.119 e. The maximum absolute atomic E-state index is 5.37. The molecule has 1 heterocycles. The highest BCUT2D eigenvalue weighted by Crippen LogP contribution is 2.30. The van der Waals surface area contributed by atoms with Crippen molar-refractivity contribution in [1.29, 1.82) is 0 Å². The molecular formula is C17H22BrNOS. The van der Waals surface area contributed by atoms with E-state index >= 15 is 0 Å². The van der Waals surface area contributed by atoms with Crippen LogP contribution in [0, 0.1) is 0 Å². The fourth-order valence-electron chi connectivity index (χ4n) is 2.35. The van der Waals surface area contributed by atoms with E-state index in [2.05, 4.69) is 57.1 Å².